The maximum absolute atomic E-state index is 12.8. The minimum Gasteiger partial charge on any atom is -0.449 e. The largest absolute Gasteiger partial charge is 0.514 e. The summed E-state index contributed by atoms with van der Waals surface area (Å²) < 4.78 is 23.6. The first-order valence-electron chi connectivity index (χ1n) is 11.9. The van der Waals surface area contributed by atoms with Crippen LogP contribution in [0.4, 0.5) is 4.79 Å². The molecule has 0 aliphatic carbocycles. The molecule has 2 atom stereocenters. The second-order valence-electron chi connectivity index (χ2n) is 10.1. The molecule has 0 aromatic carbocycles. The highest BCUT2D eigenvalue weighted by atomic mass is 35.5. The zero-order valence-electron chi connectivity index (χ0n) is 20.3. The van der Waals surface area contributed by atoms with Crippen molar-refractivity contribution < 1.29 is 23.6 Å². The Labute approximate surface area is 202 Å². The fraction of sp³-hybridized carbons (Fsp3) is 0.739. The number of carbonyl (C=O) groups excluding carboxylic acids is 1. The summed E-state index contributed by atoms with van der Waals surface area (Å²) in [6.07, 6.45) is 1.57. The number of rotatable bonds is 5. The Kier molecular flexibility index (Phi) is 7.27. The monoisotopic (exact) mass is 479 g/mol. The van der Waals surface area contributed by atoms with E-state index in [0.717, 1.165) is 24.9 Å². The predicted octanol–water partition coefficient (Wildman–Crippen LogP) is 3.03. The number of carbonyl (C=O) groups is 1. The molecule has 0 bridgehead atoms. The van der Waals surface area contributed by atoms with Crippen molar-refractivity contribution in [2.24, 2.45) is 0 Å². The highest BCUT2D eigenvalue weighted by Gasteiger charge is 2.52. The molecular weight excluding hydrogens is 445 g/mol. The summed E-state index contributed by atoms with van der Waals surface area (Å²) in [5.74, 6) is 0. The van der Waals surface area contributed by atoms with Gasteiger partial charge in [-0.3, -0.25) is 4.90 Å². The molecular formula is C23H35BClN3O5. The highest BCUT2D eigenvalue weighted by molar-refractivity contribution is 6.61. The van der Waals surface area contributed by atoms with Gasteiger partial charge in [-0.05, 0) is 51.8 Å². The molecule has 2 unspecified atom stereocenters. The van der Waals surface area contributed by atoms with E-state index in [1.807, 2.05) is 39.8 Å². The van der Waals surface area contributed by atoms with Gasteiger partial charge in [0.25, 0.3) is 0 Å². The van der Waals surface area contributed by atoms with Crippen LogP contribution in [-0.2, 0) is 18.8 Å². The van der Waals surface area contributed by atoms with Crippen LogP contribution < -0.4 is 5.59 Å². The Hall–Kier alpha value is -1.39. The molecule has 1 amide bonds. The Morgan fingerprint density at radius 1 is 1.24 bits per heavy atom. The lowest BCUT2D eigenvalue weighted by molar-refractivity contribution is -0.0704. The van der Waals surface area contributed by atoms with Crippen LogP contribution in [0.2, 0.25) is 5.15 Å². The summed E-state index contributed by atoms with van der Waals surface area (Å²) in [4.78, 5) is 21.5. The van der Waals surface area contributed by atoms with E-state index in [-0.39, 0.29) is 18.2 Å². The van der Waals surface area contributed by atoms with E-state index in [1.165, 1.54) is 0 Å². The minimum absolute atomic E-state index is 0.0481. The first kappa shape index (κ1) is 24.7. The van der Waals surface area contributed by atoms with E-state index < -0.39 is 18.3 Å². The molecule has 1 aromatic rings. The van der Waals surface area contributed by atoms with Crippen LogP contribution in [0.1, 0.15) is 59.1 Å². The van der Waals surface area contributed by atoms with Crippen LogP contribution in [0.5, 0.6) is 0 Å². The van der Waals surface area contributed by atoms with Crippen molar-refractivity contribution in [3.05, 3.63) is 22.8 Å². The molecule has 0 saturated carbocycles. The number of ether oxygens (including phenoxy) is 2. The third-order valence-corrected chi connectivity index (χ3v) is 7.39. The van der Waals surface area contributed by atoms with E-state index in [4.69, 9.17) is 30.4 Å². The molecule has 8 nitrogen and oxygen atoms in total. The maximum Gasteiger partial charge on any atom is 0.514 e. The zero-order valence-corrected chi connectivity index (χ0v) is 21.1. The maximum atomic E-state index is 12.8. The average Bonchev–Trinajstić information content (AvgIpc) is 2.99. The number of piperazine rings is 1. The summed E-state index contributed by atoms with van der Waals surface area (Å²) in [5, 5.41) is 0.379. The van der Waals surface area contributed by atoms with Crippen LogP contribution in [-0.4, -0.2) is 84.7 Å². The zero-order chi connectivity index (χ0) is 23.8. The van der Waals surface area contributed by atoms with Crippen LogP contribution in [0.3, 0.4) is 0 Å². The SMILES string of the molecule is CCCCOC(=O)N1CC2COCCN2C(c2cc(Cl)nc(B3OC(C)(C)C(C)(C)O3)c2)C1. The molecule has 1 aromatic heterocycles. The summed E-state index contributed by atoms with van der Waals surface area (Å²) in [5.41, 5.74) is 0.684. The second-order valence-corrected chi connectivity index (χ2v) is 10.5. The van der Waals surface area contributed by atoms with Gasteiger partial charge in [-0.25, -0.2) is 9.78 Å². The molecule has 4 heterocycles. The molecule has 33 heavy (non-hydrogen) atoms. The summed E-state index contributed by atoms with van der Waals surface area (Å²) >= 11 is 6.48. The number of halogens is 1. The van der Waals surface area contributed by atoms with Crippen molar-refractivity contribution in [1.29, 1.82) is 0 Å². The quantitative estimate of drug-likeness (QED) is 0.365. The lowest BCUT2D eigenvalue weighted by Gasteiger charge is -2.48. The summed E-state index contributed by atoms with van der Waals surface area (Å²) in [6, 6.07) is 3.92. The Bertz CT molecular complexity index is 854. The lowest BCUT2D eigenvalue weighted by atomic mass is 9.82. The van der Waals surface area contributed by atoms with Crippen LogP contribution in [0.15, 0.2) is 12.1 Å². The number of pyridine rings is 1. The molecule has 0 N–H and O–H groups in total. The number of unbranched alkanes of at least 4 members (excludes halogenated alkanes) is 1. The summed E-state index contributed by atoms with van der Waals surface area (Å²) in [6.45, 7) is 13.7. The third kappa shape index (κ3) is 5.17. The van der Waals surface area contributed by atoms with E-state index in [1.54, 1.807) is 4.90 Å². The van der Waals surface area contributed by atoms with Gasteiger partial charge in [0.1, 0.15) is 5.15 Å². The number of hydrogen-bond acceptors (Lipinski definition) is 7. The van der Waals surface area contributed by atoms with Gasteiger partial charge in [-0.2, -0.15) is 0 Å². The van der Waals surface area contributed by atoms with Gasteiger partial charge in [0.05, 0.1) is 48.7 Å². The fourth-order valence-corrected chi connectivity index (χ4v) is 4.76. The van der Waals surface area contributed by atoms with E-state index in [9.17, 15) is 4.79 Å². The van der Waals surface area contributed by atoms with Crippen LogP contribution in [0.25, 0.3) is 0 Å². The molecule has 10 heteroatoms. The molecule has 0 spiro atoms. The average molecular weight is 480 g/mol. The number of fused-ring (bicyclic) bond motifs is 1. The Morgan fingerprint density at radius 2 is 1.97 bits per heavy atom. The topological polar surface area (TPSA) is 73.4 Å². The number of morpholine rings is 1. The molecule has 3 fully saturated rings. The van der Waals surface area contributed by atoms with Crippen LogP contribution in [0, 0.1) is 0 Å². The molecule has 182 valence electrons. The van der Waals surface area contributed by atoms with Crippen LogP contribution >= 0.6 is 11.6 Å². The molecule has 0 radical (unpaired) electrons. The van der Waals surface area contributed by atoms with Gasteiger partial charge in [-0.1, -0.05) is 24.9 Å². The van der Waals surface area contributed by atoms with Gasteiger partial charge < -0.3 is 23.7 Å². The molecule has 3 aliphatic heterocycles. The van der Waals surface area contributed by atoms with Gasteiger partial charge >= 0.3 is 13.2 Å². The first-order valence-corrected chi connectivity index (χ1v) is 12.3. The fourth-order valence-electron chi connectivity index (χ4n) is 4.53. The minimum atomic E-state index is -0.605. The van der Waals surface area contributed by atoms with Crippen molar-refractivity contribution >= 4 is 30.4 Å². The van der Waals surface area contributed by atoms with Crippen molar-refractivity contribution in [1.82, 2.24) is 14.8 Å². The third-order valence-electron chi connectivity index (χ3n) is 7.20. The Morgan fingerprint density at radius 3 is 2.67 bits per heavy atom. The first-order chi connectivity index (χ1) is 15.6. The normalized spacial score (nSPS) is 26.8. The van der Waals surface area contributed by atoms with E-state index in [2.05, 4.69) is 16.8 Å². The molecule has 3 aliphatic rings. The van der Waals surface area contributed by atoms with Crippen molar-refractivity contribution in [3.63, 3.8) is 0 Å². The van der Waals surface area contributed by atoms with Gasteiger partial charge in [0.2, 0.25) is 0 Å². The van der Waals surface area contributed by atoms with Gasteiger partial charge in [0.15, 0.2) is 0 Å². The van der Waals surface area contributed by atoms with Crippen molar-refractivity contribution in [3.8, 4) is 0 Å². The van der Waals surface area contributed by atoms with Crippen molar-refractivity contribution in [2.45, 2.75) is 70.7 Å². The lowest BCUT2D eigenvalue weighted by Crippen LogP contribution is -2.60. The molecule has 4 rings (SSSR count). The number of aromatic nitrogens is 1. The standard InChI is InChI=1S/C23H35BClN3O5/c1-6-7-9-31-21(29)27-13-17-15-30-10-8-28(17)18(14-27)16-11-19(26-20(25)12-16)24-32-22(2,3)23(4,5)33-24/h11-12,17-18H,6-10,13-15H2,1-5H3. The number of hydrogen-bond donors (Lipinski definition) is 0. The number of amides is 1. The second kappa shape index (κ2) is 9.70. The Balaban J connectivity index is 1.60. The van der Waals surface area contributed by atoms with Gasteiger partial charge in [-0.15, -0.1) is 0 Å². The van der Waals surface area contributed by atoms with E-state index >= 15 is 0 Å². The number of nitrogens with zero attached hydrogens (tertiary/aromatic N) is 3. The molecule has 3 saturated heterocycles. The highest BCUT2D eigenvalue weighted by Crippen LogP contribution is 2.37. The summed E-state index contributed by atoms with van der Waals surface area (Å²) in [7, 11) is -0.605. The van der Waals surface area contributed by atoms with E-state index in [0.29, 0.717) is 43.7 Å². The predicted molar refractivity (Wildman–Crippen MR) is 127 cm³/mol. The van der Waals surface area contributed by atoms with Crippen molar-refractivity contribution in [2.75, 3.05) is 39.5 Å². The smallest absolute Gasteiger partial charge is 0.449 e. The van der Waals surface area contributed by atoms with Gasteiger partial charge in [0, 0.05) is 19.6 Å².